The lowest BCUT2D eigenvalue weighted by Crippen LogP contribution is -2.66. The van der Waals surface area contributed by atoms with E-state index in [1.807, 2.05) is 13.0 Å². The highest BCUT2D eigenvalue weighted by Crippen LogP contribution is 2.37. The summed E-state index contributed by atoms with van der Waals surface area (Å²) < 4.78 is 12.0. The fraction of sp³-hybridized carbons (Fsp3) is 0.500. The number of benzene rings is 2. The minimum Gasteiger partial charge on any atom is -0.469 e. The van der Waals surface area contributed by atoms with Crippen molar-refractivity contribution < 1.29 is 14.0 Å². The zero-order valence-electron chi connectivity index (χ0n) is 22.4. The van der Waals surface area contributed by atoms with E-state index in [0.717, 1.165) is 19.4 Å². The molecule has 0 aromatic heterocycles. The standard InChI is InChI=1S/C30H44O3Si/c1-23(19-24(2)21-26(4)29(31)32-8)20-25(3)22-33-34(30(5,6)7,27-15-11-9-12-16-27)28-17-13-10-14-18-28/h9-18,21,23,25-26H,19-20,22H2,1-8H3/b24-21+/t23-,25-,26+/m1/s1. The van der Waals surface area contributed by atoms with E-state index >= 15 is 0 Å². The third kappa shape index (κ3) is 7.16. The van der Waals surface area contributed by atoms with Crippen molar-refractivity contribution in [2.24, 2.45) is 17.8 Å². The maximum atomic E-state index is 11.7. The SMILES string of the molecule is COC(=O)[C@@H](C)/C=C(\C)C[C@@H](C)C[C@@H](C)CO[Si](c1ccccc1)(c1ccccc1)C(C)(C)C. The number of hydrogen-bond donors (Lipinski definition) is 0. The van der Waals surface area contributed by atoms with Gasteiger partial charge in [0, 0.05) is 6.61 Å². The summed E-state index contributed by atoms with van der Waals surface area (Å²) in [6, 6.07) is 21.7. The van der Waals surface area contributed by atoms with Gasteiger partial charge in [0.15, 0.2) is 0 Å². The van der Waals surface area contributed by atoms with Crippen LogP contribution < -0.4 is 10.4 Å². The molecule has 3 nitrogen and oxygen atoms in total. The summed E-state index contributed by atoms with van der Waals surface area (Å²) in [5, 5.41) is 2.64. The Labute approximate surface area is 208 Å². The Morgan fingerprint density at radius 2 is 1.41 bits per heavy atom. The molecular weight excluding hydrogens is 436 g/mol. The molecular formula is C30H44O3Si. The van der Waals surface area contributed by atoms with Crippen molar-refractivity contribution in [2.75, 3.05) is 13.7 Å². The van der Waals surface area contributed by atoms with E-state index in [0.29, 0.717) is 11.8 Å². The van der Waals surface area contributed by atoms with E-state index in [1.54, 1.807) is 0 Å². The van der Waals surface area contributed by atoms with Crippen LogP contribution in [-0.4, -0.2) is 28.0 Å². The largest absolute Gasteiger partial charge is 0.469 e. The van der Waals surface area contributed by atoms with Gasteiger partial charge in [-0.2, -0.15) is 0 Å². The van der Waals surface area contributed by atoms with Crippen molar-refractivity contribution in [3.05, 3.63) is 72.3 Å². The number of hydrogen-bond acceptors (Lipinski definition) is 3. The number of allylic oxidation sites excluding steroid dienone is 1. The van der Waals surface area contributed by atoms with Crippen LogP contribution in [-0.2, 0) is 14.0 Å². The van der Waals surface area contributed by atoms with Crippen LogP contribution in [0.15, 0.2) is 72.3 Å². The predicted molar refractivity (Wildman–Crippen MR) is 146 cm³/mol. The fourth-order valence-corrected chi connectivity index (χ4v) is 9.86. The number of carbonyl (C=O) groups excluding carboxylic acids is 1. The number of rotatable bonds is 11. The molecule has 0 heterocycles. The lowest BCUT2D eigenvalue weighted by atomic mass is 9.91. The Hall–Kier alpha value is -2.17. The Morgan fingerprint density at radius 3 is 1.85 bits per heavy atom. The second-order valence-electron chi connectivity index (χ2n) is 10.9. The summed E-state index contributed by atoms with van der Waals surface area (Å²) in [6.45, 7) is 16.3. The van der Waals surface area contributed by atoms with Crippen molar-refractivity contribution in [1.82, 2.24) is 0 Å². The number of esters is 1. The lowest BCUT2D eigenvalue weighted by molar-refractivity contribution is -0.143. The van der Waals surface area contributed by atoms with Crippen LogP contribution in [0.3, 0.4) is 0 Å². The van der Waals surface area contributed by atoms with E-state index in [9.17, 15) is 4.79 Å². The summed E-state index contributed by atoms with van der Waals surface area (Å²) in [7, 11) is -1.05. The summed E-state index contributed by atoms with van der Waals surface area (Å²) >= 11 is 0. The highest BCUT2D eigenvalue weighted by molar-refractivity contribution is 6.99. The van der Waals surface area contributed by atoms with Crippen LogP contribution in [0, 0.1) is 17.8 Å². The van der Waals surface area contributed by atoms with Crippen LogP contribution in [0.1, 0.15) is 61.3 Å². The Balaban J connectivity index is 2.18. The molecule has 0 unspecified atom stereocenters. The van der Waals surface area contributed by atoms with Gasteiger partial charge in [-0.1, -0.05) is 107 Å². The molecule has 0 N–H and O–H groups in total. The van der Waals surface area contributed by atoms with Crippen LogP contribution >= 0.6 is 0 Å². The minimum absolute atomic E-state index is 0.00953. The zero-order valence-corrected chi connectivity index (χ0v) is 23.4. The molecule has 3 atom stereocenters. The molecule has 2 rings (SSSR count). The maximum Gasteiger partial charge on any atom is 0.312 e. The normalized spacial score (nSPS) is 15.5. The highest BCUT2D eigenvalue weighted by Gasteiger charge is 2.50. The molecule has 186 valence electrons. The van der Waals surface area contributed by atoms with E-state index < -0.39 is 8.32 Å². The minimum atomic E-state index is -2.50. The number of carbonyl (C=O) groups is 1. The Bertz CT molecular complexity index is 876. The highest BCUT2D eigenvalue weighted by atomic mass is 28.4. The molecule has 0 aliphatic rings. The van der Waals surface area contributed by atoms with Gasteiger partial charge in [-0.25, -0.2) is 0 Å². The van der Waals surface area contributed by atoms with Crippen LogP contribution in [0.25, 0.3) is 0 Å². The second kappa shape index (κ2) is 12.5. The average Bonchev–Trinajstić information content (AvgIpc) is 2.79. The fourth-order valence-electron chi connectivity index (χ4n) is 5.17. The van der Waals surface area contributed by atoms with Gasteiger partial charge in [0.1, 0.15) is 0 Å². The van der Waals surface area contributed by atoms with E-state index in [4.69, 9.17) is 9.16 Å². The van der Waals surface area contributed by atoms with Crippen LogP contribution in [0.2, 0.25) is 5.04 Å². The van der Waals surface area contributed by atoms with Gasteiger partial charge >= 0.3 is 5.97 Å². The molecule has 0 saturated carbocycles. The monoisotopic (exact) mass is 480 g/mol. The van der Waals surface area contributed by atoms with Crippen molar-refractivity contribution in [1.29, 1.82) is 0 Å². The summed E-state index contributed by atoms with van der Waals surface area (Å²) in [4.78, 5) is 11.7. The lowest BCUT2D eigenvalue weighted by Gasteiger charge is -2.43. The first-order chi connectivity index (χ1) is 16.0. The molecule has 0 aliphatic carbocycles. The van der Waals surface area contributed by atoms with Gasteiger partial charge in [0.05, 0.1) is 13.0 Å². The first-order valence-electron chi connectivity index (χ1n) is 12.5. The third-order valence-electron chi connectivity index (χ3n) is 6.58. The van der Waals surface area contributed by atoms with Gasteiger partial charge in [0.25, 0.3) is 8.32 Å². The molecule has 0 spiro atoms. The predicted octanol–water partition coefficient (Wildman–Crippen LogP) is 6.37. The Morgan fingerprint density at radius 1 is 0.912 bits per heavy atom. The summed E-state index contributed by atoms with van der Waals surface area (Å²) in [5.74, 6) is 0.563. The average molecular weight is 481 g/mol. The molecule has 0 saturated heterocycles. The molecule has 0 fully saturated rings. The van der Waals surface area contributed by atoms with Gasteiger partial charge in [0.2, 0.25) is 0 Å². The van der Waals surface area contributed by atoms with Crippen molar-refractivity contribution in [2.45, 2.75) is 66.3 Å². The van der Waals surface area contributed by atoms with E-state index in [1.165, 1.54) is 23.1 Å². The molecule has 0 radical (unpaired) electrons. The third-order valence-corrected chi connectivity index (χ3v) is 11.6. The van der Waals surface area contributed by atoms with Crippen molar-refractivity contribution >= 4 is 24.7 Å². The Kier molecular flexibility index (Phi) is 10.3. The second-order valence-corrected chi connectivity index (χ2v) is 15.3. The van der Waals surface area contributed by atoms with Gasteiger partial charge < -0.3 is 9.16 Å². The quantitative estimate of drug-likeness (QED) is 0.213. The molecule has 4 heteroatoms. The van der Waals surface area contributed by atoms with E-state index in [-0.39, 0.29) is 16.9 Å². The van der Waals surface area contributed by atoms with Crippen molar-refractivity contribution in [3.63, 3.8) is 0 Å². The molecule has 0 aliphatic heterocycles. The molecule has 34 heavy (non-hydrogen) atoms. The van der Waals surface area contributed by atoms with Crippen molar-refractivity contribution in [3.8, 4) is 0 Å². The number of methoxy groups -OCH3 is 1. The molecule has 2 aromatic carbocycles. The first kappa shape index (κ1) is 28.1. The summed E-state index contributed by atoms with van der Waals surface area (Å²) in [6.07, 6.45) is 4.09. The molecule has 2 aromatic rings. The van der Waals surface area contributed by atoms with E-state index in [2.05, 4.69) is 102 Å². The topological polar surface area (TPSA) is 35.5 Å². The number of ether oxygens (including phenoxy) is 1. The zero-order chi connectivity index (χ0) is 25.4. The van der Waals surface area contributed by atoms with Gasteiger partial charge in [-0.05, 0) is 53.9 Å². The molecule has 0 bridgehead atoms. The molecule has 0 amide bonds. The maximum absolute atomic E-state index is 11.7. The van der Waals surface area contributed by atoms with Crippen LogP contribution in [0.5, 0.6) is 0 Å². The first-order valence-corrected chi connectivity index (χ1v) is 14.4. The van der Waals surface area contributed by atoms with Gasteiger partial charge in [-0.15, -0.1) is 0 Å². The van der Waals surface area contributed by atoms with Gasteiger partial charge in [-0.3, -0.25) is 4.79 Å². The summed E-state index contributed by atoms with van der Waals surface area (Å²) in [5.41, 5.74) is 1.24. The smallest absolute Gasteiger partial charge is 0.312 e. The van der Waals surface area contributed by atoms with Crippen LogP contribution in [0.4, 0.5) is 0 Å².